The van der Waals surface area contributed by atoms with Crippen molar-refractivity contribution in [1.29, 1.82) is 0 Å². The number of halogens is 1. The number of carbonyl (C=O) groups is 1. The Morgan fingerprint density at radius 3 is 2.50 bits per heavy atom. The summed E-state index contributed by atoms with van der Waals surface area (Å²) in [7, 11) is 1.54. The van der Waals surface area contributed by atoms with E-state index in [1.54, 1.807) is 18.2 Å². The largest absolute Gasteiger partial charge is 0.495 e. The molecule has 5 heteroatoms. The second kappa shape index (κ2) is 7.45. The number of para-hydroxylation sites is 2. The topological polar surface area (TPSA) is 47.6 Å². The zero-order valence-corrected chi connectivity index (χ0v) is 12.5. The molecule has 116 valence electrons. The summed E-state index contributed by atoms with van der Waals surface area (Å²) in [5, 5.41) is 2.78. The van der Waals surface area contributed by atoms with Gasteiger partial charge in [-0.25, -0.2) is 4.39 Å². The number of hydrogen-bond donors (Lipinski definition) is 1. The monoisotopic (exact) mass is 303 g/mol. The van der Waals surface area contributed by atoms with Crippen molar-refractivity contribution >= 4 is 11.6 Å². The van der Waals surface area contributed by atoms with Crippen LogP contribution in [0, 0.1) is 5.82 Å². The first-order chi connectivity index (χ1) is 10.6. The predicted molar refractivity (Wildman–Crippen MR) is 82.7 cm³/mol. The fraction of sp³-hybridized carbons (Fsp3) is 0.235. The highest BCUT2D eigenvalue weighted by molar-refractivity contribution is 5.95. The molecule has 0 radical (unpaired) electrons. The zero-order valence-electron chi connectivity index (χ0n) is 12.5. The first kappa shape index (κ1) is 15.8. The summed E-state index contributed by atoms with van der Waals surface area (Å²) in [5.41, 5.74) is 0.580. The van der Waals surface area contributed by atoms with Crippen molar-refractivity contribution in [2.45, 2.75) is 19.4 Å². The molecule has 0 spiro atoms. The number of benzene rings is 2. The summed E-state index contributed by atoms with van der Waals surface area (Å²) in [6.45, 7) is 1.84. The number of anilines is 1. The molecule has 0 unspecified atom stereocenters. The molecule has 2 rings (SSSR count). The van der Waals surface area contributed by atoms with Crippen LogP contribution in [0.3, 0.4) is 0 Å². The third kappa shape index (κ3) is 3.97. The van der Waals surface area contributed by atoms with Crippen molar-refractivity contribution in [2.24, 2.45) is 0 Å². The maximum atomic E-state index is 12.9. The molecule has 1 N–H and O–H groups in total. The summed E-state index contributed by atoms with van der Waals surface area (Å²) in [6.07, 6.45) is -0.186. The third-order valence-electron chi connectivity index (χ3n) is 3.12. The van der Waals surface area contributed by atoms with Gasteiger partial charge in [0.05, 0.1) is 12.8 Å². The van der Waals surface area contributed by atoms with Gasteiger partial charge in [0.25, 0.3) is 5.91 Å². The molecule has 0 heterocycles. The van der Waals surface area contributed by atoms with Crippen LogP contribution in [-0.2, 0) is 4.79 Å². The van der Waals surface area contributed by atoms with Crippen LogP contribution in [0.25, 0.3) is 0 Å². The molecule has 1 amide bonds. The number of carbonyl (C=O) groups excluding carboxylic acids is 1. The number of rotatable bonds is 6. The van der Waals surface area contributed by atoms with Gasteiger partial charge in [-0.2, -0.15) is 0 Å². The first-order valence-electron chi connectivity index (χ1n) is 7.00. The van der Waals surface area contributed by atoms with E-state index in [-0.39, 0.29) is 11.7 Å². The summed E-state index contributed by atoms with van der Waals surface area (Å²) in [5.74, 6) is 0.395. The minimum absolute atomic E-state index is 0.281. The Morgan fingerprint density at radius 1 is 1.18 bits per heavy atom. The lowest BCUT2D eigenvalue weighted by Gasteiger charge is -2.18. The summed E-state index contributed by atoms with van der Waals surface area (Å²) in [4.78, 5) is 12.3. The molecular weight excluding hydrogens is 285 g/mol. The molecule has 2 aromatic rings. The Hall–Kier alpha value is -2.56. The van der Waals surface area contributed by atoms with Crippen LogP contribution in [0.5, 0.6) is 11.5 Å². The molecule has 0 aliphatic carbocycles. The second-order valence-electron chi connectivity index (χ2n) is 4.66. The number of methoxy groups -OCH3 is 1. The van der Waals surface area contributed by atoms with Gasteiger partial charge in [0.1, 0.15) is 17.3 Å². The second-order valence-corrected chi connectivity index (χ2v) is 4.66. The summed E-state index contributed by atoms with van der Waals surface area (Å²) < 4.78 is 23.7. The van der Waals surface area contributed by atoms with E-state index in [0.29, 0.717) is 23.6 Å². The quantitative estimate of drug-likeness (QED) is 0.886. The average molecular weight is 303 g/mol. The normalized spacial score (nSPS) is 11.6. The van der Waals surface area contributed by atoms with Crippen molar-refractivity contribution in [2.75, 3.05) is 12.4 Å². The lowest BCUT2D eigenvalue weighted by Crippen LogP contribution is -2.32. The summed E-state index contributed by atoms with van der Waals surface area (Å²) >= 11 is 0. The van der Waals surface area contributed by atoms with Crippen LogP contribution >= 0.6 is 0 Å². The zero-order chi connectivity index (χ0) is 15.9. The molecule has 0 aromatic heterocycles. The first-order valence-corrected chi connectivity index (χ1v) is 7.00. The van der Waals surface area contributed by atoms with Gasteiger partial charge in [-0.3, -0.25) is 4.79 Å². The van der Waals surface area contributed by atoms with Gasteiger partial charge in [-0.05, 0) is 42.8 Å². The Labute approximate surface area is 128 Å². The standard InChI is InChI=1S/C17H18FNO3/c1-3-15(22-13-10-8-12(18)9-11-13)17(20)19-14-6-4-5-7-16(14)21-2/h4-11,15H,3H2,1-2H3,(H,19,20)/t15-/m1/s1. The van der Waals surface area contributed by atoms with E-state index in [1.165, 1.54) is 31.4 Å². The molecule has 2 aromatic carbocycles. The average Bonchev–Trinajstić information content (AvgIpc) is 2.54. The predicted octanol–water partition coefficient (Wildman–Crippen LogP) is 3.63. The molecule has 0 aliphatic rings. The maximum absolute atomic E-state index is 12.9. The van der Waals surface area contributed by atoms with E-state index in [4.69, 9.17) is 9.47 Å². The van der Waals surface area contributed by atoms with Gasteiger partial charge < -0.3 is 14.8 Å². The summed E-state index contributed by atoms with van der Waals surface area (Å²) in [6, 6.07) is 12.7. The van der Waals surface area contributed by atoms with Crippen molar-refractivity contribution < 1.29 is 18.7 Å². The highest BCUT2D eigenvalue weighted by Gasteiger charge is 2.19. The number of nitrogens with one attached hydrogen (secondary N) is 1. The highest BCUT2D eigenvalue weighted by Crippen LogP contribution is 2.24. The minimum atomic E-state index is -0.671. The van der Waals surface area contributed by atoms with E-state index in [0.717, 1.165) is 0 Å². The number of hydrogen-bond acceptors (Lipinski definition) is 3. The van der Waals surface area contributed by atoms with E-state index in [1.807, 2.05) is 13.0 Å². The van der Waals surface area contributed by atoms with Gasteiger partial charge in [-0.1, -0.05) is 19.1 Å². The lowest BCUT2D eigenvalue weighted by atomic mass is 10.2. The van der Waals surface area contributed by atoms with Crippen molar-refractivity contribution in [3.63, 3.8) is 0 Å². The van der Waals surface area contributed by atoms with Crippen LogP contribution in [0.4, 0.5) is 10.1 Å². The van der Waals surface area contributed by atoms with Crippen LogP contribution in [0.15, 0.2) is 48.5 Å². The maximum Gasteiger partial charge on any atom is 0.265 e. The molecule has 0 saturated carbocycles. The lowest BCUT2D eigenvalue weighted by molar-refractivity contribution is -0.122. The Kier molecular flexibility index (Phi) is 5.36. The Bertz CT molecular complexity index is 628. The molecule has 0 aliphatic heterocycles. The molecular formula is C17H18FNO3. The van der Waals surface area contributed by atoms with Gasteiger partial charge in [0, 0.05) is 0 Å². The fourth-order valence-electron chi connectivity index (χ4n) is 1.96. The van der Waals surface area contributed by atoms with Gasteiger partial charge in [0.15, 0.2) is 6.10 Å². The van der Waals surface area contributed by atoms with E-state index in [9.17, 15) is 9.18 Å². The van der Waals surface area contributed by atoms with Crippen LogP contribution in [-0.4, -0.2) is 19.1 Å². The molecule has 22 heavy (non-hydrogen) atoms. The van der Waals surface area contributed by atoms with Crippen molar-refractivity contribution in [3.8, 4) is 11.5 Å². The molecule has 0 fully saturated rings. The van der Waals surface area contributed by atoms with Crippen molar-refractivity contribution in [3.05, 3.63) is 54.3 Å². The third-order valence-corrected chi connectivity index (χ3v) is 3.12. The molecule has 4 nitrogen and oxygen atoms in total. The Morgan fingerprint density at radius 2 is 1.86 bits per heavy atom. The van der Waals surface area contributed by atoms with E-state index < -0.39 is 6.10 Å². The molecule has 1 atom stereocenters. The van der Waals surface area contributed by atoms with Gasteiger partial charge in [-0.15, -0.1) is 0 Å². The van der Waals surface area contributed by atoms with Crippen LogP contribution in [0.1, 0.15) is 13.3 Å². The van der Waals surface area contributed by atoms with E-state index >= 15 is 0 Å². The van der Waals surface area contributed by atoms with Gasteiger partial charge >= 0.3 is 0 Å². The molecule has 0 saturated heterocycles. The smallest absolute Gasteiger partial charge is 0.265 e. The highest BCUT2D eigenvalue weighted by atomic mass is 19.1. The van der Waals surface area contributed by atoms with E-state index in [2.05, 4.69) is 5.32 Å². The molecule has 0 bridgehead atoms. The van der Waals surface area contributed by atoms with Crippen LogP contribution in [0.2, 0.25) is 0 Å². The fourth-order valence-corrected chi connectivity index (χ4v) is 1.96. The van der Waals surface area contributed by atoms with Crippen molar-refractivity contribution in [1.82, 2.24) is 0 Å². The number of amides is 1. The number of ether oxygens (including phenoxy) is 2. The van der Waals surface area contributed by atoms with Crippen LogP contribution < -0.4 is 14.8 Å². The van der Waals surface area contributed by atoms with Gasteiger partial charge in [0.2, 0.25) is 0 Å². The Balaban J connectivity index is 2.07. The minimum Gasteiger partial charge on any atom is -0.495 e. The SMILES string of the molecule is CC[C@@H](Oc1ccc(F)cc1)C(=O)Nc1ccccc1OC.